The molecule has 3 nitrogen and oxygen atoms in total. The van der Waals surface area contributed by atoms with Gasteiger partial charge in [0.05, 0.1) is 0 Å². The zero-order valence-corrected chi connectivity index (χ0v) is 17.9. The van der Waals surface area contributed by atoms with Gasteiger partial charge in [-0.3, -0.25) is 0 Å². The van der Waals surface area contributed by atoms with Crippen molar-refractivity contribution in [3.8, 4) is 0 Å². The van der Waals surface area contributed by atoms with Crippen LogP contribution in [-0.4, -0.2) is 31.7 Å². The largest absolute Gasteiger partial charge is 0.323 e. The monoisotopic (exact) mass is 363 g/mol. The van der Waals surface area contributed by atoms with Crippen LogP contribution in [0.25, 0.3) is 0 Å². The van der Waals surface area contributed by atoms with Crippen LogP contribution in [0.2, 0.25) is 0 Å². The highest BCUT2D eigenvalue weighted by Gasteiger charge is 2.19. The van der Waals surface area contributed by atoms with Crippen molar-refractivity contribution in [3.63, 3.8) is 0 Å². The van der Waals surface area contributed by atoms with Gasteiger partial charge in [0.15, 0.2) is 0 Å². The van der Waals surface area contributed by atoms with Crippen LogP contribution in [0.4, 0.5) is 0 Å². The van der Waals surface area contributed by atoms with Crippen molar-refractivity contribution in [2.75, 3.05) is 26.2 Å². The van der Waals surface area contributed by atoms with E-state index in [2.05, 4.69) is 45.3 Å². The molecule has 2 unspecified atom stereocenters. The first-order valence-electron chi connectivity index (χ1n) is 10.2. The minimum absolute atomic E-state index is 0. The molecule has 0 amide bonds. The van der Waals surface area contributed by atoms with Gasteiger partial charge < -0.3 is 16.4 Å². The maximum absolute atomic E-state index is 6.45. The Balaban J connectivity index is 0. The molecule has 0 aromatic heterocycles. The molecule has 0 aliphatic carbocycles. The summed E-state index contributed by atoms with van der Waals surface area (Å²) >= 11 is 0. The van der Waals surface area contributed by atoms with Crippen molar-refractivity contribution in [3.05, 3.63) is 0 Å². The first kappa shape index (κ1) is 26.4. The van der Waals surface area contributed by atoms with Gasteiger partial charge in [0, 0.05) is 18.6 Å². The standard InChI is InChI=1S/C20H45N3.ClH/c1-6-10-12-18(8-3)14-22-16-20(5,21)17-23-15-19(9-4)13-11-7-2;/h18-19,22-23H,6-17,21H2,1-5H3;1H. The minimum Gasteiger partial charge on any atom is -0.323 e. The number of nitrogens with one attached hydrogen (secondary N) is 2. The van der Waals surface area contributed by atoms with Gasteiger partial charge in [0.25, 0.3) is 0 Å². The van der Waals surface area contributed by atoms with Crippen LogP contribution >= 0.6 is 12.4 Å². The van der Waals surface area contributed by atoms with E-state index in [0.29, 0.717) is 0 Å². The van der Waals surface area contributed by atoms with Crippen molar-refractivity contribution in [1.82, 2.24) is 10.6 Å². The van der Waals surface area contributed by atoms with E-state index >= 15 is 0 Å². The Bertz CT molecular complexity index is 235. The van der Waals surface area contributed by atoms with Crippen molar-refractivity contribution in [1.29, 1.82) is 0 Å². The zero-order valence-electron chi connectivity index (χ0n) is 17.1. The molecule has 0 saturated carbocycles. The third kappa shape index (κ3) is 14.5. The first-order chi connectivity index (χ1) is 11.0. The second kappa shape index (κ2) is 16.6. The Morgan fingerprint density at radius 2 is 1.17 bits per heavy atom. The summed E-state index contributed by atoms with van der Waals surface area (Å²) in [6, 6.07) is 0. The van der Waals surface area contributed by atoms with E-state index in [9.17, 15) is 0 Å². The Hall–Kier alpha value is 0.170. The zero-order chi connectivity index (χ0) is 17.6. The maximum atomic E-state index is 6.45. The summed E-state index contributed by atoms with van der Waals surface area (Å²) in [4.78, 5) is 0. The average Bonchev–Trinajstić information content (AvgIpc) is 2.53. The fraction of sp³-hybridized carbons (Fsp3) is 1.00. The van der Waals surface area contributed by atoms with Gasteiger partial charge >= 0.3 is 0 Å². The number of rotatable bonds is 16. The molecule has 0 saturated heterocycles. The maximum Gasteiger partial charge on any atom is 0.0378 e. The highest BCUT2D eigenvalue weighted by Crippen LogP contribution is 2.12. The number of hydrogen-bond acceptors (Lipinski definition) is 3. The normalized spacial score (nSPS) is 16.2. The van der Waals surface area contributed by atoms with E-state index < -0.39 is 0 Å². The van der Waals surface area contributed by atoms with Crippen LogP contribution in [0.1, 0.15) is 86.0 Å². The number of unbranched alkanes of at least 4 members (excludes halogenated alkanes) is 2. The fourth-order valence-electron chi connectivity index (χ4n) is 3.07. The topological polar surface area (TPSA) is 50.1 Å². The Morgan fingerprint density at radius 3 is 1.46 bits per heavy atom. The van der Waals surface area contributed by atoms with E-state index in [-0.39, 0.29) is 17.9 Å². The van der Waals surface area contributed by atoms with E-state index in [1.54, 1.807) is 0 Å². The summed E-state index contributed by atoms with van der Waals surface area (Å²) in [5, 5.41) is 7.21. The van der Waals surface area contributed by atoms with Gasteiger partial charge in [-0.05, 0) is 44.7 Å². The summed E-state index contributed by atoms with van der Waals surface area (Å²) in [7, 11) is 0. The molecule has 0 rings (SSSR count). The van der Waals surface area contributed by atoms with Gasteiger partial charge in [-0.2, -0.15) is 0 Å². The first-order valence-corrected chi connectivity index (χ1v) is 10.2. The number of nitrogens with two attached hydrogens (primary N) is 1. The van der Waals surface area contributed by atoms with E-state index in [1.165, 1.54) is 51.4 Å². The fourth-order valence-corrected chi connectivity index (χ4v) is 3.07. The lowest BCUT2D eigenvalue weighted by Gasteiger charge is -2.28. The molecule has 0 spiro atoms. The molecule has 0 bridgehead atoms. The van der Waals surface area contributed by atoms with E-state index in [4.69, 9.17) is 5.73 Å². The second-order valence-electron chi connectivity index (χ2n) is 7.75. The molecule has 24 heavy (non-hydrogen) atoms. The van der Waals surface area contributed by atoms with Crippen LogP contribution in [0.15, 0.2) is 0 Å². The van der Waals surface area contributed by atoms with Crippen molar-refractivity contribution in [2.24, 2.45) is 17.6 Å². The predicted molar refractivity (Wildman–Crippen MR) is 112 cm³/mol. The molecule has 0 aromatic rings. The summed E-state index contributed by atoms with van der Waals surface area (Å²) in [5.74, 6) is 1.61. The molecular formula is C20H46ClN3. The highest BCUT2D eigenvalue weighted by atomic mass is 35.5. The quantitative estimate of drug-likeness (QED) is 0.371. The SMILES string of the molecule is CCCCC(CC)CNCC(C)(N)CNCC(CC)CCCC.Cl. The van der Waals surface area contributed by atoms with Crippen LogP contribution in [0.5, 0.6) is 0 Å². The molecule has 4 heteroatoms. The van der Waals surface area contributed by atoms with Crippen molar-refractivity contribution < 1.29 is 0 Å². The third-order valence-corrected chi connectivity index (χ3v) is 5.01. The molecule has 0 heterocycles. The lowest BCUT2D eigenvalue weighted by Crippen LogP contribution is -2.54. The van der Waals surface area contributed by atoms with Crippen molar-refractivity contribution in [2.45, 2.75) is 91.5 Å². The summed E-state index contributed by atoms with van der Waals surface area (Å²) in [6.45, 7) is 15.3. The Kier molecular flexibility index (Phi) is 18.3. The van der Waals surface area contributed by atoms with Crippen LogP contribution in [0, 0.1) is 11.8 Å². The van der Waals surface area contributed by atoms with Gasteiger partial charge in [-0.1, -0.05) is 66.2 Å². The van der Waals surface area contributed by atoms with Gasteiger partial charge in [0.2, 0.25) is 0 Å². The highest BCUT2D eigenvalue weighted by molar-refractivity contribution is 5.85. The minimum atomic E-state index is -0.161. The van der Waals surface area contributed by atoms with E-state index in [0.717, 1.165) is 38.0 Å². The summed E-state index contributed by atoms with van der Waals surface area (Å²) < 4.78 is 0. The molecule has 0 aliphatic rings. The number of hydrogen-bond donors (Lipinski definition) is 3. The Morgan fingerprint density at radius 1 is 0.792 bits per heavy atom. The van der Waals surface area contributed by atoms with Gasteiger partial charge in [-0.15, -0.1) is 12.4 Å². The lowest BCUT2D eigenvalue weighted by molar-refractivity contribution is 0.344. The van der Waals surface area contributed by atoms with Crippen LogP contribution in [0.3, 0.4) is 0 Å². The van der Waals surface area contributed by atoms with Crippen LogP contribution in [-0.2, 0) is 0 Å². The smallest absolute Gasteiger partial charge is 0.0378 e. The molecule has 0 fully saturated rings. The average molecular weight is 364 g/mol. The summed E-state index contributed by atoms with van der Waals surface area (Å²) in [6.07, 6.45) is 10.5. The molecule has 2 atom stereocenters. The summed E-state index contributed by atoms with van der Waals surface area (Å²) in [5.41, 5.74) is 6.29. The van der Waals surface area contributed by atoms with Gasteiger partial charge in [0.1, 0.15) is 0 Å². The molecular weight excluding hydrogens is 318 g/mol. The molecule has 0 aromatic carbocycles. The third-order valence-electron chi connectivity index (χ3n) is 5.01. The lowest BCUT2D eigenvalue weighted by atomic mass is 9.97. The molecule has 148 valence electrons. The second-order valence-corrected chi connectivity index (χ2v) is 7.75. The predicted octanol–water partition coefficient (Wildman–Crippen LogP) is 4.74. The number of halogens is 1. The van der Waals surface area contributed by atoms with Gasteiger partial charge in [-0.25, -0.2) is 0 Å². The molecule has 0 radical (unpaired) electrons. The molecule has 0 aliphatic heterocycles. The van der Waals surface area contributed by atoms with Crippen molar-refractivity contribution >= 4 is 12.4 Å². The molecule has 4 N–H and O–H groups in total. The van der Waals surface area contributed by atoms with E-state index in [1.807, 2.05) is 0 Å². The van der Waals surface area contributed by atoms with Crippen LogP contribution < -0.4 is 16.4 Å². The Labute approximate surface area is 158 Å².